The number of hydrogen-bond acceptors (Lipinski definition) is 4. The molecule has 1 rings (SSSR count). The first kappa shape index (κ1) is 14.0. The zero-order valence-electron chi connectivity index (χ0n) is 10.2. The molecule has 0 bridgehead atoms. The van der Waals surface area contributed by atoms with Crippen LogP contribution in [-0.4, -0.2) is 27.7 Å². The molecule has 0 saturated heterocycles. The smallest absolute Gasteiger partial charge is 0.241 e. The Labute approximate surface area is 102 Å². The molecule has 3 N–H and O–H groups in total. The molecule has 0 aromatic heterocycles. The van der Waals surface area contributed by atoms with Crippen LogP contribution in [0, 0.1) is 0 Å². The fourth-order valence-corrected chi connectivity index (χ4v) is 2.86. The largest absolute Gasteiger partial charge is 0.399 e. The van der Waals surface area contributed by atoms with E-state index >= 15 is 0 Å². The summed E-state index contributed by atoms with van der Waals surface area (Å²) in [5, 5.41) is 0. The summed E-state index contributed by atoms with van der Waals surface area (Å²) in [4.78, 5) is 0.191. The van der Waals surface area contributed by atoms with Crippen molar-refractivity contribution in [1.82, 2.24) is 4.72 Å². The van der Waals surface area contributed by atoms with Crippen LogP contribution in [0.1, 0.15) is 13.8 Å². The Bertz CT molecular complexity index is 466. The highest BCUT2D eigenvalue weighted by Gasteiger charge is 2.25. The van der Waals surface area contributed by atoms with Crippen LogP contribution in [-0.2, 0) is 14.8 Å². The predicted octanol–water partition coefficient (Wildman–Crippen LogP) is 0.972. The Hall–Kier alpha value is -1.11. The molecule has 17 heavy (non-hydrogen) atoms. The lowest BCUT2D eigenvalue weighted by Gasteiger charge is -2.24. The maximum Gasteiger partial charge on any atom is 0.241 e. The van der Waals surface area contributed by atoms with Gasteiger partial charge in [0.15, 0.2) is 0 Å². The van der Waals surface area contributed by atoms with Crippen LogP contribution in [0.15, 0.2) is 29.2 Å². The van der Waals surface area contributed by atoms with E-state index in [1.165, 1.54) is 19.2 Å². The van der Waals surface area contributed by atoms with Gasteiger partial charge in [0.25, 0.3) is 0 Å². The maximum atomic E-state index is 12.0. The van der Waals surface area contributed by atoms with Crippen LogP contribution in [0.2, 0.25) is 0 Å². The molecule has 0 unspecified atom stereocenters. The number of sulfonamides is 1. The minimum atomic E-state index is -3.54. The number of methoxy groups -OCH3 is 1. The molecule has 0 aliphatic rings. The lowest BCUT2D eigenvalue weighted by Crippen LogP contribution is -2.46. The van der Waals surface area contributed by atoms with Gasteiger partial charge in [0.2, 0.25) is 10.0 Å². The van der Waals surface area contributed by atoms with E-state index in [0.29, 0.717) is 12.3 Å². The first-order chi connectivity index (χ1) is 7.77. The molecule has 0 atom stereocenters. The number of benzene rings is 1. The maximum absolute atomic E-state index is 12.0. The van der Waals surface area contributed by atoms with Crippen molar-refractivity contribution >= 4 is 15.7 Å². The van der Waals surface area contributed by atoms with Gasteiger partial charge in [-0.2, -0.15) is 0 Å². The lowest BCUT2D eigenvalue weighted by molar-refractivity contribution is 0.141. The van der Waals surface area contributed by atoms with Crippen molar-refractivity contribution in [3.63, 3.8) is 0 Å². The Morgan fingerprint density at radius 2 is 1.82 bits per heavy atom. The van der Waals surface area contributed by atoms with Crippen molar-refractivity contribution in [3.05, 3.63) is 24.3 Å². The van der Waals surface area contributed by atoms with E-state index in [-0.39, 0.29) is 4.90 Å². The van der Waals surface area contributed by atoms with E-state index in [1.807, 2.05) is 0 Å². The van der Waals surface area contributed by atoms with E-state index in [0.717, 1.165) is 0 Å². The summed E-state index contributed by atoms with van der Waals surface area (Å²) in [6.45, 7) is 3.80. The fraction of sp³-hybridized carbons (Fsp3) is 0.455. The van der Waals surface area contributed by atoms with Gasteiger partial charge in [-0.05, 0) is 38.1 Å². The highest BCUT2D eigenvalue weighted by atomic mass is 32.2. The van der Waals surface area contributed by atoms with E-state index in [4.69, 9.17) is 10.5 Å². The molecule has 0 fully saturated rings. The van der Waals surface area contributed by atoms with Crippen LogP contribution in [0.3, 0.4) is 0 Å². The molecule has 6 heteroatoms. The number of nitrogens with one attached hydrogen (secondary N) is 1. The lowest BCUT2D eigenvalue weighted by atomic mass is 10.1. The van der Waals surface area contributed by atoms with Gasteiger partial charge in [-0.15, -0.1) is 0 Å². The minimum absolute atomic E-state index is 0.191. The van der Waals surface area contributed by atoms with E-state index < -0.39 is 15.6 Å². The highest BCUT2D eigenvalue weighted by Crippen LogP contribution is 2.14. The van der Waals surface area contributed by atoms with Crippen molar-refractivity contribution in [2.75, 3.05) is 19.5 Å². The van der Waals surface area contributed by atoms with Gasteiger partial charge in [0.05, 0.1) is 17.0 Å². The number of anilines is 1. The molecule has 0 radical (unpaired) electrons. The minimum Gasteiger partial charge on any atom is -0.399 e. The summed E-state index contributed by atoms with van der Waals surface area (Å²) < 4.78 is 31.6. The van der Waals surface area contributed by atoms with Gasteiger partial charge in [0, 0.05) is 12.8 Å². The zero-order chi connectivity index (χ0) is 13.1. The Morgan fingerprint density at radius 3 is 2.29 bits per heavy atom. The molecule has 1 aromatic rings. The van der Waals surface area contributed by atoms with Gasteiger partial charge >= 0.3 is 0 Å². The number of nitrogen functional groups attached to an aromatic ring is 1. The third kappa shape index (κ3) is 3.99. The van der Waals surface area contributed by atoms with Gasteiger partial charge in [0.1, 0.15) is 0 Å². The average molecular weight is 258 g/mol. The molecule has 0 aliphatic heterocycles. The monoisotopic (exact) mass is 258 g/mol. The SMILES string of the molecule is COCC(C)(C)NS(=O)(=O)c1ccc(N)cc1. The number of hydrogen-bond donors (Lipinski definition) is 2. The molecule has 0 heterocycles. The van der Waals surface area contributed by atoms with Crippen molar-refractivity contribution in [3.8, 4) is 0 Å². The van der Waals surface area contributed by atoms with Crippen LogP contribution in [0.25, 0.3) is 0 Å². The van der Waals surface area contributed by atoms with Crippen molar-refractivity contribution in [2.24, 2.45) is 0 Å². The summed E-state index contributed by atoms with van der Waals surface area (Å²) in [7, 11) is -2.02. The van der Waals surface area contributed by atoms with E-state index in [1.54, 1.807) is 26.0 Å². The molecule has 1 aromatic carbocycles. The Morgan fingerprint density at radius 1 is 1.29 bits per heavy atom. The predicted molar refractivity (Wildman–Crippen MR) is 67.1 cm³/mol. The molecule has 0 aliphatic carbocycles. The normalized spacial score (nSPS) is 12.6. The quantitative estimate of drug-likeness (QED) is 0.771. The van der Waals surface area contributed by atoms with E-state index in [9.17, 15) is 8.42 Å². The van der Waals surface area contributed by atoms with Crippen LogP contribution >= 0.6 is 0 Å². The molecular weight excluding hydrogens is 240 g/mol. The summed E-state index contributed by atoms with van der Waals surface area (Å²) in [6.07, 6.45) is 0. The molecule has 0 saturated carbocycles. The third-order valence-corrected chi connectivity index (χ3v) is 3.82. The van der Waals surface area contributed by atoms with Crippen LogP contribution in [0.5, 0.6) is 0 Å². The highest BCUT2D eigenvalue weighted by molar-refractivity contribution is 7.89. The zero-order valence-corrected chi connectivity index (χ0v) is 11.0. The topological polar surface area (TPSA) is 81.4 Å². The molecule has 0 spiro atoms. The average Bonchev–Trinajstić information content (AvgIpc) is 2.16. The van der Waals surface area contributed by atoms with Crippen molar-refractivity contribution in [2.45, 2.75) is 24.3 Å². The molecular formula is C11H18N2O3S. The van der Waals surface area contributed by atoms with Crippen molar-refractivity contribution < 1.29 is 13.2 Å². The first-order valence-electron chi connectivity index (χ1n) is 5.15. The molecule has 0 amide bonds. The van der Waals surface area contributed by atoms with Gasteiger partial charge < -0.3 is 10.5 Å². The van der Waals surface area contributed by atoms with Crippen LogP contribution in [0.4, 0.5) is 5.69 Å². The van der Waals surface area contributed by atoms with E-state index in [2.05, 4.69) is 4.72 Å². The standard InChI is InChI=1S/C11H18N2O3S/c1-11(2,8-16-3)13-17(14,15)10-6-4-9(12)5-7-10/h4-7,13H,8,12H2,1-3H3. The summed E-state index contributed by atoms with van der Waals surface area (Å²) >= 11 is 0. The Kier molecular flexibility index (Phi) is 4.13. The first-order valence-corrected chi connectivity index (χ1v) is 6.64. The summed E-state index contributed by atoms with van der Waals surface area (Å²) in [5.74, 6) is 0. The second kappa shape index (κ2) is 5.03. The molecule has 96 valence electrons. The molecule has 5 nitrogen and oxygen atoms in total. The summed E-state index contributed by atoms with van der Waals surface area (Å²) in [5.41, 5.74) is 5.38. The van der Waals surface area contributed by atoms with Crippen LogP contribution < -0.4 is 10.5 Å². The Balaban J connectivity index is 2.93. The van der Waals surface area contributed by atoms with Gasteiger partial charge in [-0.1, -0.05) is 0 Å². The number of rotatable bonds is 5. The van der Waals surface area contributed by atoms with Gasteiger partial charge in [-0.25, -0.2) is 13.1 Å². The summed E-state index contributed by atoms with van der Waals surface area (Å²) in [6, 6.07) is 6.05. The number of ether oxygens (including phenoxy) is 1. The van der Waals surface area contributed by atoms with Crippen molar-refractivity contribution in [1.29, 1.82) is 0 Å². The second-order valence-corrected chi connectivity index (χ2v) is 6.17. The van der Waals surface area contributed by atoms with Gasteiger partial charge in [-0.3, -0.25) is 0 Å². The third-order valence-electron chi connectivity index (χ3n) is 2.11. The fourth-order valence-electron chi connectivity index (χ4n) is 1.46. The number of nitrogens with two attached hydrogens (primary N) is 1. The second-order valence-electron chi connectivity index (χ2n) is 4.49.